The summed E-state index contributed by atoms with van der Waals surface area (Å²) in [6, 6.07) is -1.12. The third-order valence-corrected chi connectivity index (χ3v) is 1.61. The number of aliphatic carboxylic acids is 1. The normalized spacial score (nSPS) is 14.9. The second kappa shape index (κ2) is 4.37. The molecule has 0 aromatic heterocycles. The van der Waals surface area contributed by atoms with Crippen molar-refractivity contribution in [2.24, 2.45) is 5.73 Å². The Balaban J connectivity index is 3.92. The highest BCUT2D eigenvalue weighted by Crippen LogP contribution is 2.35. The summed E-state index contributed by atoms with van der Waals surface area (Å²) >= 11 is 0. The van der Waals surface area contributed by atoms with Crippen molar-refractivity contribution in [2.75, 3.05) is 0 Å². The Kier molecular flexibility index (Phi) is 4.12. The molecule has 0 aromatic rings. The average Bonchev–Trinajstić information content (AvgIpc) is 1.84. The number of nitrogens with two attached hydrogens (primary N) is 1. The van der Waals surface area contributed by atoms with Gasteiger partial charge in [-0.2, -0.15) is 0 Å². The topological polar surface area (TPSA) is 121 Å². The minimum absolute atomic E-state index is 0.0968. The monoisotopic (exact) mass is 195 g/mol. The molecule has 0 aromatic carbocycles. The van der Waals surface area contributed by atoms with Crippen LogP contribution in [0.4, 0.5) is 0 Å². The van der Waals surface area contributed by atoms with Gasteiger partial charge in [0.25, 0.3) is 0 Å². The Bertz CT molecular complexity index is 232. The summed E-state index contributed by atoms with van der Waals surface area (Å²) in [7, 11) is -4.18. The van der Waals surface area contributed by atoms with Gasteiger partial charge in [-0.3, -0.25) is 9.36 Å². The lowest BCUT2D eigenvalue weighted by Crippen LogP contribution is -2.29. The van der Waals surface area contributed by atoms with Crippen molar-refractivity contribution >= 4 is 13.6 Å². The van der Waals surface area contributed by atoms with Crippen LogP contribution in [0.5, 0.6) is 0 Å². The zero-order valence-electron chi connectivity index (χ0n) is 6.12. The molecule has 6 nitrogen and oxygen atoms in total. The fourth-order valence-electron chi connectivity index (χ4n) is 0.446. The molecule has 0 amide bonds. The zero-order valence-corrected chi connectivity index (χ0v) is 7.02. The van der Waals surface area contributed by atoms with Gasteiger partial charge in [-0.1, -0.05) is 6.08 Å². The molecular weight excluding hydrogens is 185 g/mol. The molecule has 0 rings (SSSR count). The van der Waals surface area contributed by atoms with Crippen molar-refractivity contribution in [1.82, 2.24) is 0 Å². The lowest BCUT2D eigenvalue weighted by molar-refractivity contribution is -0.138. The summed E-state index contributed by atoms with van der Waals surface area (Å²) in [4.78, 5) is 26.7. The second-order valence-electron chi connectivity index (χ2n) is 2.15. The summed E-state index contributed by atoms with van der Waals surface area (Å²) in [5.74, 6) is -0.569. The molecule has 0 heterocycles. The van der Waals surface area contributed by atoms with Crippen LogP contribution in [-0.2, 0) is 9.36 Å². The third-order valence-electron chi connectivity index (χ3n) is 1.01. The Morgan fingerprint density at radius 2 is 2.08 bits per heavy atom. The number of rotatable bonds is 4. The van der Waals surface area contributed by atoms with Gasteiger partial charge in [0, 0.05) is 5.82 Å². The van der Waals surface area contributed by atoms with Gasteiger partial charge in [0.2, 0.25) is 0 Å². The first kappa shape index (κ1) is 11.3. The van der Waals surface area contributed by atoms with Crippen LogP contribution in [0.25, 0.3) is 0 Å². The standard InChI is InChI=1S/C5H10NO5P/c6-4(5(7)8)2-1-3-12(9,10)11/h1,3-4H,2,6H2,(H,7,8)(H2,9,10,11)/b3-1-/t4-/m0/s1. The molecule has 12 heavy (non-hydrogen) atoms. The molecular formula is C5H10NO5P. The van der Waals surface area contributed by atoms with Crippen LogP contribution in [0.15, 0.2) is 11.9 Å². The minimum Gasteiger partial charge on any atom is -0.480 e. The Hall–Kier alpha value is -0.680. The molecule has 0 bridgehead atoms. The molecule has 7 heteroatoms. The highest BCUT2D eigenvalue weighted by molar-refractivity contribution is 7.55. The second-order valence-corrected chi connectivity index (χ2v) is 3.63. The van der Waals surface area contributed by atoms with E-state index in [1.807, 2.05) is 0 Å². The van der Waals surface area contributed by atoms with Crippen molar-refractivity contribution in [2.45, 2.75) is 12.5 Å². The molecule has 70 valence electrons. The predicted molar refractivity (Wildman–Crippen MR) is 41.4 cm³/mol. The molecule has 0 aliphatic heterocycles. The quantitative estimate of drug-likeness (QED) is 0.448. The van der Waals surface area contributed by atoms with Crippen molar-refractivity contribution < 1.29 is 24.3 Å². The van der Waals surface area contributed by atoms with Crippen LogP contribution in [0.2, 0.25) is 0 Å². The first-order valence-electron chi connectivity index (χ1n) is 3.04. The van der Waals surface area contributed by atoms with Crippen molar-refractivity contribution in [1.29, 1.82) is 0 Å². The number of hydrogen-bond donors (Lipinski definition) is 4. The van der Waals surface area contributed by atoms with E-state index in [-0.39, 0.29) is 6.42 Å². The van der Waals surface area contributed by atoms with Crippen LogP contribution in [0.1, 0.15) is 6.42 Å². The predicted octanol–water partition coefficient (Wildman–Crippen LogP) is -0.520. The Morgan fingerprint density at radius 3 is 2.42 bits per heavy atom. The van der Waals surface area contributed by atoms with Crippen molar-refractivity contribution in [3.63, 3.8) is 0 Å². The van der Waals surface area contributed by atoms with E-state index in [2.05, 4.69) is 0 Å². The number of hydrogen-bond acceptors (Lipinski definition) is 3. The maximum atomic E-state index is 10.2. The molecule has 0 radical (unpaired) electrons. The van der Waals surface area contributed by atoms with E-state index in [4.69, 9.17) is 20.6 Å². The molecule has 0 aliphatic carbocycles. The van der Waals surface area contributed by atoms with Gasteiger partial charge < -0.3 is 20.6 Å². The molecule has 5 N–H and O–H groups in total. The van der Waals surface area contributed by atoms with Crippen LogP contribution in [0.3, 0.4) is 0 Å². The molecule has 1 atom stereocenters. The van der Waals surface area contributed by atoms with Crippen LogP contribution < -0.4 is 5.73 Å². The minimum atomic E-state index is -4.18. The summed E-state index contributed by atoms with van der Waals surface area (Å²) in [6.45, 7) is 0. The summed E-state index contributed by atoms with van der Waals surface area (Å²) in [6.07, 6.45) is 0.958. The first-order valence-corrected chi connectivity index (χ1v) is 4.72. The zero-order chi connectivity index (χ0) is 9.78. The maximum absolute atomic E-state index is 10.2. The summed E-state index contributed by atoms with van der Waals surface area (Å²) in [5.41, 5.74) is 5.04. The fourth-order valence-corrected chi connectivity index (χ4v) is 0.842. The van der Waals surface area contributed by atoms with E-state index in [0.717, 1.165) is 6.08 Å². The number of carboxylic acids is 1. The van der Waals surface area contributed by atoms with E-state index < -0.39 is 19.6 Å². The SMILES string of the molecule is N[C@@H](C/C=C\P(=O)(O)O)C(=O)O. The highest BCUT2D eigenvalue weighted by Gasteiger charge is 2.10. The first-order chi connectivity index (χ1) is 5.33. The van der Waals surface area contributed by atoms with Crippen LogP contribution in [-0.4, -0.2) is 26.9 Å². The number of carboxylic acid groups (broad SMARTS) is 1. The fraction of sp³-hybridized carbons (Fsp3) is 0.400. The summed E-state index contributed by atoms with van der Waals surface area (Å²) < 4.78 is 10.2. The van der Waals surface area contributed by atoms with Crippen LogP contribution in [0, 0.1) is 0 Å². The molecule has 0 saturated carbocycles. The van der Waals surface area contributed by atoms with Gasteiger partial charge in [-0.25, -0.2) is 0 Å². The molecule has 0 saturated heterocycles. The maximum Gasteiger partial charge on any atom is 0.348 e. The smallest absolute Gasteiger partial charge is 0.348 e. The molecule has 0 unspecified atom stereocenters. The van der Waals surface area contributed by atoms with Gasteiger partial charge in [0.1, 0.15) is 6.04 Å². The van der Waals surface area contributed by atoms with Crippen LogP contribution >= 0.6 is 7.60 Å². The number of carbonyl (C=O) groups is 1. The van der Waals surface area contributed by atoms with E-state index in [1.165, 1.54) is 0 Å². The van der Waals surface area contributed by atoms with Gasteiger partial charge in [0.05, 0.1) is 0 Å². The molecule has 0 fully saturated rings. The average molecular weight is 195 g/mol. The van der Waals surface area contributed by atoms with Gasteiger partial charge in [-0.15, -0.1) is 0 Å². The largest absolute Gasteiger partial charge is 0.480 e. The van der Waals surface area contributed by atoms with E-state index in [0.29, 0.717) is 5.82 Å². The van der Waals surface area contributed by atoms with E-state index >= 15 is 0 Å². The van der Waals surface area contributed by atoms with Gasteiger partial charge in [0.15, 0.2) is 0 Å². The van der Waals surface area contributed by atoms with Gasteiger partial charge in [-0.05, 0) is 6.42 Å². The Morgan fingerprint density at radius 1 is 1.58 bits per heavy atom. The molecule has 0 aliphatic rings. The van der Waals surface area contributed by atoms with Crippen molar-refractivity contribution in [3.05, 3.63) is 11.9 Å². The molecule has 0 spiro atoms. The van der Waals surface area contributed by atoms with E-state index in [9.17, 15) is 9.36 Å². The lowest BCUT2D eigenvalue weighted by Gasteiger charge is -2.00. The van der Waals surface area contributed by atoms with Crippen molar-refractivity contribution in [3.8, 4) is 0 Å². The highest BCUT2D eigenvalue weighted by atomic mass is 31.2. The summed E-state index contributed by atoms with van der Waals surface area (Å²) in [5, 5.41) is 8.26. The van der Waals surface area contributed by atoms with E-state index in [1.54, 1.807) is 0 Å². The lowest BCUT2D eigenvalue weighted by atomic mass is 10.2. The Labute approximate surface area is 68.9 Å². The van der Waals surface area contributed by atoms with Gasteiger partial charge >= 0.3 is 13.6 Å². The third kappa shape index (κ3) is 6.06.